The minimum atomic E-state index is -0.312. The second kappa shape index (κ2) is 8.69. The number of para-hydroxylation sites is 2. The topological polar surface area (TPSA) is 67.9 Å². The fourth-order valence-electron chi connectivity index (χ4n) is 3.25. The standard InChI is InChI=1S/C24H22N2O4/c1-17-11-12-19(22(13-17)29-15-18-7-3-2-4-8-18)25-23(27)14-26-20-9-5-6-10-21(20)30-16-24(26)28/h2-13H,14-16H2,1H3,(H,25,27). The van der Waals surface area contributed by atoms with Crippen molar-refractivity contribution in [1.29, 1.82) is 0 Å². The molecule has 152 valence electrons. The van der Waals surface area contributed by atoms with Crippen LogP contribution in [0.1, 0.15) is 11.1 Å². The van der Waals surface area contributed by atoms with Crippen LogP contribution in [0.4, 0.5) is 11.4 Å². The van der Waals surface area contributed by atoms with E-state index in [4.69, 9.17) is 9.47 Å². The van der Waals surface area contributed by atoms with E-state index in [1.807, 2.05) is 61.5 Å². The van der Waals surface area contributed by atoms with Crippen LogP contribution in [-0.4, -0.2) is 25.0 Å². The van der Waals surface area contributed by atoms with Crippen molar-refractivity contribution >= 4 is 23.2 Å². The lowest BCUT2D eigenvalue weighted by molar-refractivity contribution is -0.123. The van der Waals surface area contributed by atoms with Crippen molar-refractivity contribution in [2.75, 3.05) is 23.4 Å². The van der Waals surface area contributed by atoms with Crippen molar-refractivity contribution in [2.45, 2.75) is 13.5 Å². The van der Waals surface area contributed by atoms with E-state index in [2.05, 4.69) is 5.32 Å². The molecule has 3 aromatic carbocycles. The van der Waals surface area contributed by atoms with Gasteiger partial charge >= 0.3 is 0 Å². The molecule has 1 aliphatic rings. The molecule has 0 bridgehead atoms. The lowest BCUT2D eigenvalue weighted by Gasteiger charge is -2.28. The first-order valence-electron chi connectivity index (χ1n) is 9.69. The van der Waals surface area contributed by atoms with E-state index in [0.717, 1.165) is 11.1 Å². The molecule has 6 nitrogen and oxygen atoms in total. The molecule has 1 aliphatic heterocycles. The SMILES string of the molecule is Cc1ccc(NC(=O)CN2C(=O)COc3ccccc32)c(OCc2ccccc2)c1. The Morgan fingerprint density at radius 3 is 2.67 bits per heavy atom. The molecule has 0 fully saturated rings. The van der Waals surface area contributed by atoms with Gasteiger partial charge in [-0.3, -0.25) is 14.5 Å². The molecule has 0 saturated heterocycles. The summed E-state index contributed by atoms with van der Waals surface area (Å²) in [6.45, 7) is 2.16. The zero-order chi connectivity index (χ0) is 20.9. The number of benzene rings is 3. The largest absolute Gasteiger partial charge is 0.487 e. The van der Waals surface area contributed by atoms with Gasteiger partial charge < -0.3 is 14.8 Å². The van der Waals surface area contributed by atoms with Crippen LogP contribution in [0.5, 0.6) is 11.5 Å². The van der Waals surface area contributed by atoms with Crippen molar-refractivity contribution in [1.82, 2.24) is 0 Å². The molecule has 0 saturated carbocycles. The fourth-order valence-corrected chi connectivity index (χ4v) is 3.25. The van der Waals surface area contributed by atoms with Crippen molar-refractivity contribution in [3.05, 3.63) is 83.9 Å². The minimum absolute atomic E-state index is 0.0831. The van der Waals surface area contributed by atoms with Crippen molar-refractivity contribution in [3.8, 4) is 11.5 Å². The smallest absolute Gasteiger partial charge is 0.265 e. The Morgan fingerprint density at radius 1 is 1.07 bits per heavy atom. The number of nitrogens with zero attached hydrogens (tertiary/aromatic N) is 1. The van der Waals surface area contributed by atoms with Crippen LogP contribution in [0, 0.1) is 6.92 Å². The molecular weight excluding hydrogens is 380 g/mol. The van der Waals surface area contributed by atoms with E-state index in [1.54, 1.807) is 18.2 Å². The molecule has 2 amide bonds. The molecular formula is C24H22N2O4. The van der Waals surface area contributed by atoms with Gasteiger partial charge in [-0.15, -0.1) is 0 Å². The highest BCUT2D eigenvalue weighted by atomic mass is 16.5. The first kappa shape index (κ1) is 19.5. The molecule has 3 aromatic rings. The quantitative estimate of drug-likeness (QED) is 0.678. The molecule has 0 spiro atoms. The first-order valence-corrected chi connectivity index (χ1v) is 9.69. The number of carbonyl (C=O) groups is 2. The van der Waals surface area contributed by atoms with Crippen molar-refractivity contribution in [2.24, 2.45) is 0 Å². The van der Waals surface area contributed by atoms with Gasteiger partial charge in [-0.05, 0) is 42.3 Å². The molecule has 0 atom stereocenters. The summed E-state index contributed by atoms with van der Waals surface area (Å²) in [4.78, 5) is 26.5. The average molecular weight is 402 g/mol. The number of aryl methyl sites for hydroxylation is 1. The number of carbonyl (C=O) groups excluding carboxylic acids is 2. The maximum absolute atomic E-state index is 12.7. The Bertz CT molecular complexity index is 1070. The second-order valence-electron chi connectivity index (χ2n) is 7.06. The Balaban J connectivity index is 1.48. The number of anilines is 2. The van der Waals surface area contributed by atoms with E-state index in [1.165, 1.54) is 4.90 Å². The number of nitrogens with one attached hydrogen (secondary N) is 1. The predicted octanol–water partition coefficient (Wildman–Crippen LogP) is 3.94. The van der Waals surface area contributed by atoms with Gasteiger partial charge in [0.2, 0.25) is 5.91 Å². The van der Waals surface area contributed by atoms with Gasteiger partial charge in [-0.1, -0.05) is 48.5 Å². The van der Waals surface area contributed by atoms with E-state index >= 15 is 0 Å². The maximum Gasteiger partial charge on any atom is 0.265 e. The van der Waals surface area contributed by atoms with E-state index in [-0.39, 0.29) is 25.0 Å². The molecule has 0 aromatic heterocycles. The summed E-state index contributed by atoms with van der Waals surface area (Å²) in [5.74, 6) is 0.606. The van der Waals surface area contributed by atoms with Gasteiger partial charge in [0.1, 0.15) is 24.7 Å². The van der Waals surface area contributed by atoms with Crippen LogP contribution >= 0.6 is 0 Å². The van der Waals surface area contributed by atoms with E-state index < -0.39 is 0 Å². The van der Waals surface area contributed by atoms with Gasteiger partial charge in [0, 0.05) is 0 Å². The summed E-state index contributed by atoms with van der Waals surface area (Å²) in [7, 11) is 0. The lowest BCUT2D eigenvalue weighted by Crippen LogP contribution is -2.43. The third kappa shape index (κ3) is 4.43. The third-order valence-corrected chi connectivity index (χ3v) is 4.76. The van der Waals surface area contributed by atoms with Crippen LogP contribution in [0.3, 0.4) is 0 Å². The third-order valence-electron chi connectivity index (χ3n) is 4.76. The van der Waals surface area contributed by atoms with E-state index in [9.17, 15) is 9.59 Å². The summed E-state index contributed by atoms with van der Waals surface area (Å²) < 4.78 is 11.4. The maximum atomic E-state index is 12.7. The van der Waals surface area contributed by atoms with Gasteiger partial charge in [0.25, 0.3) is 5.91 Å². The second-order valence-corrected chi connectivity index (χ2v) is 7.06. The van der Waals surface area contributed by atoms with Gasteiger partial charge in [-0.2, -0.15) is 0 Å². The Hall–Kier alpha value is -3.80. The molecule has 1 N–H and O–H groups in total. The normalized spacial score (nSPS) is 12.7. The monoisotopic (exact) mass is 402 g/mol. The van der Waals surface area contributed by atoms with Gasteiger partial charge in [0.15, 0.2) is 6.61 Å². The minimum Gasteiger partial charge on any atom is -0.487 e. The highest BCUT2D eigenvalue weighted by molar-refractivity contribution is 6.05. The summed E-state index contributed by atoms with van der Waals surface area (Å²) in [5, 5.41) is 2.87. The zero-order valence-corrected chi connectivity index (χ0v) is 16.6. The van der Waals surface area contributed by atoms with Crippen LogP contribution in [0.15, 0.2) is 72.8 Å². The molecule has 1 heterocycles. The molecule has 6 heteroatoms. The number of fused-ring (bicyclic) bond motifs is 1. The van der Waals surface area contributed by atoms with Crippen molar-refractivity contribution in [3.63, 3.8) is 0 Å². The van der Waals surface area contributed by atoms with E-state index in [0.29, 0.717) is 29.5 Å². The Morgan fingerprint density at radius 2 is 1.83 bits per heavy atom. The zero-order valence-electron chi connectivity index (χ0n) is 16.6. The molecule has 0 unspecified atom stereocenters. The van der Waals surface area contributed by atoms with Crippen LogP contribution in [-0.2, 0) is 16.2 Å². The highest BCUT2D eigenvalue weighted by Crippen LogP contribution is 2.32. The molecule has 30 heavy (non-hydrogen) atoms. The highest BCUT2D eigenvalue weighted by Gasteiger charge is 2.27. The van der Waals surface area contributed by atoms with Gasteiger partial charge in [0.05, 0.1) is 11.4 Å². The number of ether oxygens (including phenoxy) is 2. The Labute approximate surface area is 175 Å². The number of rotatable bonds is 6. The molecule has 0 aliphatic carbocycles. The van der Waals surface area contributed by atoms with Gasteiger partial charge in [-0.25, -0.2) is 0 Å². The van der Waals surface area contributed by atoms with Crippen LogP contribution in [0.2, 0.25) is 0 Å². The van der Waals surface area contributed by atoms with Crippen LogP contribution < -0.4 is 19.7 Å². The summed E-state index contributed by atoms with van der Waals surface area (Å²) in [6, 6.07) is 22.6. The fraction of sp³-hybridized carbons (Fsp3) is 0.167. The molecule has 4 rings (SSSR count). The molecule has 0 radical (unpaired) electrons. The predicted molar refractivity (Wildman–Crippen MR) is 115 cm³/mol. The van der Waals surface area contributed by atoms with Crippen molar-refractivity contribution < 1.29 is 19.1 Å². The summed E-state index contributed by atoms with van der Waals surface area (Å²) in [6.07, 6.45) is 0. The summed E-state index contributed by atoms with van der Waals surface area (Å²) in [5.41, 5.74) is 3.21. The lowest BCUT2D eigenvalue weighted by atomic mass is 10.2. The number of amides is 2. The first-order chi connectivity index (χ1) is 14.6. The average Bonchev–Trinajstić information content (AvgIpc) is 2.76. The van der Waals surface area contributed by atoms with Crippen LogP contribution in [0.25, 0.3) is 0 Å². The Kier molecular flexibility index (Phi) is 5.66. The number of hydrogen-bond acceptors (Lipinski definition) is 4. The number of hydrogen-bond donors (Lipinski definition) is 1. The summed E-state index contributed by atoms with van der Waals surface area (Å²) >= 11 is 0.